The normalized spacial score (nSPS) is 19.5. The number of alkyl carbamates (subject to hydrolysis) is 1. The third-order valence-electron chi connectivity index (χ3n) is 3.67. The highest BCUT2D eigenvalue weighted by Crippen LogP contribution is 2.21. The van der Waals surface area contributed by atoms with Crippen LogP contribution in [0.15, 0.2) is 24.3 Å². The van der Waals surface area contributed by atoms with Crippen LogP contribution in [0.1, 0.15) is 39.2 Å². The molecule has 0 saturated heterocycles. The summed E-state index contributed by atoms with van der Waals surface area (Å²) in [6, 6.07) is 7.01. The number of rotatable bonds is 6. The SMILES string of the molecule is CC(C)(C)OC(=O)N[C@H]1C[C@H](NC(=O)COc2cccc(CO)c2)C1. The van der Waals surface area contributed by atoms with Crippen molar-refractivity contribution >= 4 is 12.0 Å². The number of carbonyl (C=O) groups is 2. The van der Waals surface area contributed by atoms with Crippen LogP contribution in [0, 0.1) is 0 Å². The lowest BCUT2D eigenvalue weighted by molar-refractivity contribution is -0.124. The molecule has 0 heterocycles. The Morgan fingerprint density at radius 1 is 1.20 bits per heavy atom. The average Bonchev–Trinajstić information content (AvgIpc) is 2.49. The Balaban J connectivity index is 1.64. The van der Waals surface area contributed by atoms with Gasteiger partial charge >= 0.3 is 6.09 Å². The van der Waals surface area contributed by atoms with E-state index in [1.807, 2.05) is 20.8 Å². The minimum absolute atomic E-state index is 0.0160. The van der Waals surface area contributed by atoms with Crippen LogP contribution in [0.4, 0.5) is 4.79 Å². The Morgan fingerprint density at radius 3 is 2.52 bits per heavy atom. The number of ether oxygens (including phenoxy) is 2. The van der Waals surface area contributed by atoms with Gasteiger partial charge in [0.05, 0.1) is 6.61 Å². The molecule has 0 spiro atoms. The van der Waals surface area contributed by atoms with Crippen molar-refractivity contribution in [3.63, 3.8) is 0 Å². The minimum Gasteiger partial charge on any atom is -0.484 e. The van der Waals surface area contributed by atoms with E-state index >= 15 is 0 Å². The smallest absolute Gasteiger partial charge is 0.407 e. The zero-order chi connectivity index (χ0) is 18.4. The van der Waals surface area contributed by atoms with Gasteiger partial charge in [-0.3, -0.25) is 4.79 Å². The van der Waals surface area contributed by atoms with Gasteiger partial charge in [-0.2, -0.15) is 0 Å². The van der Waals surface area contributed by atoms with Gasteiger partial charge in [-0.15, -0.1) is 0 Å². The monoisotopic (exact) mass is 350 g/mol. The van der Waals surface area contributed by atoms with E-state index in [0.717, 1.165) is 5.56 Å². The van der Waals surface area contributed by atoms with Crippen molar-refractivity contribution in [2.45, 2.75) is 57.9 Å². The van der Waals surface area contributed by atoms with Gasteiger partial charge in [-0.25, -0.2) is 4.79 Å². The Bertz CT molecular complexity index is 606. The maximum Gasteiger partial charge on any atom is 0.407 e. The van der Waals surface area contributed by atoms with Gasteiger partial charge < -0.3 is 25.2 Å². The molecule has 1 aromatic rings. The highest BCUT2D eigenvalue weighted by molar-refractivity contribution is 5.78. The maximum atomic E-state index is 11.9. The van der Waals surface area contributed by atoms with E-state index in [0.29, 0.717) is 18.6 Å². The van der Waals surface area contributed by atoms with Crippen molar-refractivity contribution in [2.24, 2.45) is 0 Å². The van der Waals surface area contributed by atoms with Crippen LogP contribution in [0.25, 0.3) is 0 Å². The fourth-order valence-corrected chi connectivity index (χ4v) is 2.48. The number of amides is 2. The number of hydrogen-bond acceptors (Lipinski definition) is 5. The highest BCUT2D eigenvalue weighted by Gasteiger charge is 2.32. The summed E-state index contributed by atoms with van der Waals surface area (Å²) < 4.78 is 10.6. The van der Waals surface area contributed by atoms with Gasteiger partial charge in [0.2, 0.25) is 0 Å². The first-order chi connectivity index (χ1) is 11.7. The van der Waals surface area contributed by atoms with Gasteiger partial charge in [0.1, 0.15) is 11.4 Å². The molecule has 0 atom stereocenters. The summed E-state index contributed by atoms with van der Waals surface area (Å²) in [5.74, 6) is 0.329. The fraction of sp³-hybridized carbons (Fsp3) is 0.556. The van der Waals surface area contributed by atoms with Crippen molar-refractivity contribution in [3.8, 4) is 5.75 Å². The summed E-state index contributed by atoms with van der Waals surface area (Å²) in [6.07, 6.45) is 0.907. The van der Waals surface area contributed by atoms with Crippen LogP contribution in [0.3, 0.4) is 0 Å². The number of carbonyl (C=O) groups excluding carboxylic acids is 2. The summed E-state index contributed by atoms with van der Waals surface area (Å²) in [6.45, 7) is 5.28. The molecular weight excluding hydrogens is 324 g/mol. The summed E-state index contributed by atoms with van der Waals surface area (Å²) in [5, 5.41) is 14.7. The number of aliphatic hydroxyl groups excluding tert-OH is 1. The molecule has 2 amide bonds. The van der Waals surface area contributed by atoms with E-state index in [9.17, 15) is 9.59 Å². The molecule has 2 rings (SSSR count). The van der Waals surface area contributed by atoms with Crippen LogP contribution in [0.2, 0.25) is 0 Å². The molecule has 1 fully saturated rings. The van der Waals surface area contributed by atoms with Crippen molar-refractivity contribution < 1.29 is 24.2 Å². The standard InChI is InChI=1S/C18H26N2O5/c1-18(2,3)25-17(23)20-14-8-13(9-14)19-16(22)11-24-15-6-4-5-12(7-15)10-21/h4-7,13-14,21H,8-11H2,1-3H3,(H,19,22)(H,20,23)/t13-,14-. The zero-order valence-corrected chi connectivity index (χ0v) is 14.9. The van der Waals surface area contributed by atoms with Crippen LogP contribution in [-0.2, 0) is 16.1 Å². The molecular formula is C18H26N2O5. The predicted octanol–water partition coefficient (Wildman–Crippen LogP) is 1.73. The molecule has 7 heteroatoms. The average molecular weight is 350 g/mol. The van der Waals surface area contributed by atoms with E-state index in [4.69, 9.17) is 14.6 Å². The number of hydrogen-bond donors (Lipinski definition) is 3. The van der Waals surface area contributed by atoms with Crippen molar-refractivity contribution in [3.05, 3.63) is 29.8 Å². The van der Waals surface area contributed by atoms with E-state index in [-0.39, 0.29) is 31.2 Å². The van der Waals surface area contributed by atoms with Gasteiger partial charge in [0.25, 0.3) is 5.91 Å². The second-order valence-corrected chi connectivity index (χ2v) is 7.17. The van der Waals surface area contributed by atoms with Crippen LogP contribution >= 0.6 is 0 Å². The molecule has 25 heavy (non-hydrogen) atoms. The maximum absolute atomic E-state index is 11.9. The van der Waals surface area contributed by atoms with Crippen molar-refractivity contribution in [2.75, 3.05) is 6.61 Å². The summed E-state index contributed by atoms with van der Waals surface area (Å²) in [4.78, 5) is 23.5. The van der Waals surface area contributed by atoms with Gasteiger partial charge in [0.15, 0.2) is 6.61 Å². The molecule has 0 aromatic heterocycles. The van der Waals surface area contributed by atoms with Crippen LogP contribution < -0.4 is 15.4 Å². The quantitative estimate of drug-likeness (QED) is 0.726. The highest BCUT2D eigenvalue weighted by atomic mass is 16.6. The Morgan fingerprint density at radius 2 is 1.88 bits per heavy atom. The van der Waals surface area contributed by atoms with Crippen molar-refractivity contribution in [1.82, 2.24) is 10.6 Å². The van der Waals surface area contributed by atoms with E-state index < -0.39 is 11.7 Å². The Labute approximate surface area is 147 Å². The van der Waals surface area contributed by atoms with Gasteiger partial charge in [-0.05, 0) is 51.3 Å². The first-order valence-electron chi connectivity index (χ1n) is 8.36. The predicted molar refractivity (Wildman–Crippen MR) is 92.2 cm³/mol. The van der Waals surface area contributed by atoms with Crippen LogP contribution in [0.5, 0.6) is 5.75 Å². The Hall–Kier alpha value is -2.28. The summed E-state index contributed by atoms with van der Waals surface area (Å²) in [5.41, 5.74) is 0.208. The third-order valence-corrected chi connectivity index (χ3v) is 3.67. The molecule has 0 aliphatic heterocycles. The van der Waals surface area contributed by atoms with E-state index in [1.54, 1.807) is 24.3 Å². The molecule has 3 N–H and O–H groups in total. The van der Waals surface area contributed by atoms with Crippen molar-refractivity contribution in [1.29, 1.82) is 0 Å². The second kappa shape index (κ2) is 8.20. The number of nitrogens with one attached hydrogen (secondary N) is 2. The minimum atomic E-state index is -0.522. The lowest BCUT2D eigenvalue weighted by Crippen LogP contribution is -2.55. The summed E-state index contributed by atoms with van der Waals surface area (Å²) >= 11 is 0. The lowest BCUT2D eigenvalue weighted by atomic mass is 9.87. The third kappa shape index (κ3) is 6.62. The molecule has 0 radical (unpaired) electrons. The fourth-order valence-electron chi connectivity index (χ4n) is 2.48. The molecule has 138 valence electrons. The van der Waals surface area contributed by atoms with E-state index in [2.05, 4.69) is 10.6 Å². The Kier molecular flexibility index (Phi) is 6.25. The number of aliphatic hydroxyl groups is 1. The van der Waals surface area contributed by atoms with E-state index in [1.165, 1.54) is 0 Å². The summed E-state index contributed by atoms with van der Waals surface area (Å²) in [7, 11) is 0. The second-order valence-electron chi connectivity index (χ2n) is 7.17. The first kappa shape index (κ1) is 19.1. The molecule has 1 aliphatic carbocycles. The number of benzene rings is 1. The molecule has 0 bridgehead atoms. The largest absolute Gasteiger partial charge is 0.484 e. The molecule has 1 aliphatic rings. The molecule has 7 nitrogen and oxygen atoms in total. The van der Waals surface area contributed by atoms with Gasteiger partial charge in [0, 0.05) is 12.1 Å². The lowest BCUT2D eigenvalue weighted by Gasteiger charge is -2.36. The first-order valence-corrected chi connectivity index (χ1v) is 8.36. The molecule has 1 saturated carbocycles. The van der Waals surface area contributed by atoms with Crippen LogP contribution in [-0.4, -0.2) is 41.4 Å². The topological polar surface area (TPSA) is 96.9 Å². The molecule has 1 aromatic carbocycles. The molecule has 0 unspecified atom stereocenters. The van der Waals surface area contributed by atoms with Gasteiger partial charge in [-0.1, -0.05) is 12.1 Å². The zero-order valence-electron chi connectivity index (χ0n) is 14.9.